The van der Waals surface area contributed by atoms with Crippen LogP contribution in [0, 0.1) is 18.7 Å². The summed E-state index contributed by atoms with van der Waals surface area (Å²) in [6.45, 7) is 1.66. The number of aryl methyl sites for hydroxylation is 1. The maximum Gasteiger partial charge on any atom is 0.269 e. The highest BCUT2D eigenvalue weighted by Crippen LogP contribution is 2.27. The zero-order chi connectivity index (χ0) is 19.2. The summed E-state index contributed by atoms with van der Waals surface area (Å²) >= 11 is 7.52. The molecule has 6 heteroatoms. The first kappa shape index (κ1) is 20.2. The van der Waals surface area contributed by atoms with Crippen LogP contribution in [0.1, 0.15) is 48.0 Å². The van der Waals surface area contributed by atoms with Crippen molar-refractivity contribution in [1.29, 1.82) is 0 Å². The fourth-order valence-corrected chi connectivity index (χ4v) is 4.44. The van der Waals surface area contributed by atoms with Crippen LogP contribution >= 0.6 is 23.5 Å². The van der Waals surface area contributed by atoms with Gasteiger partial charge in [0.2, 0.25) is 0 Å². The van der Waals surface area contributed by atoms with Crippen LogP contribution in [-0.2, 0) is 0 Å². The van der Waals surface area contributed by atoms with Gasteiger partial charge in [-0.15, -0.1) is 0 Å². The van der Waals surface area contributed by atoms with Gasteiger partial charge in [-0.05, 0) is 66.6 Å². The predicted molar refractivity (Wildman–Crippen MR) is 111 cm³/mol. The van der Waals surface area contributed by atoms with Crippen molar-refractivity contribution in [2.75, 3.05) is 5.75 Å². The van der Waals surface area contributed by atoms with Crippen LogP contribution in [0.15, 0.2) is 36.4 Å². The molecule has 27 heavy (non-hydrogen) atoms. The Balaban J connectivity index is 1.65. The first-order valence-electron chi connectivity index (χ1n) is 9.28. The molecular formula is C21H24ClFN2OS. The minimum absolute atomic E-state index is 0.0238. The summed E-state index contributed by atoms with van der Waals surface area (Å²) in [5, 5.41) is 0.598. The molecule has 3 nitrogen and oxygen atoms in total. The lowest BCUT2D eigenvalue weighted by Crippen LogP contribution is -2.34. The van der Waals surface area contributed by atoms with E-state index in [1.54, 1.807) is 31.2 Å². The normalized spacial score (nSPS) is 14.9. The minimum Gasteiger partial charge on any atom is -0.277 e. The number of nitrogens with one attached hydrogen (secondary N) is 2. The Hall–Kier alpha value is -1.56. The van der Waals surface area contributed by atoms with Gasteiger partial charge in [0.05, 0.1) is 5.56 Å². The second-order valence-corrected chi connectivity index (χ2v) is 8.30. The number of carbonyl (C=O) groups excluding carboxylic acids is 1. The van der Waals surface area contributed by atoms with Crippen LogP contribution in [0.5, 0.6) is 0 Å². The standard InChI is InChI=1S/C21H24ClFN2OS/c1-14-10-17(16-8-5-9-18(22)11-16)12-19(20(14)23)21(26)24-25-27-13-15-6-3-2-4-7-15/h5,8-12,15,25H,2-4,6-7,13H2,1H3,(H,24,26). The highest BCUT2D eigenvalue weighted by molar-refractivity contribution is 7.97. The first-order valence-corrected chi connectivity index (χ1v) is 10.6. The molecule has 0 radical (unpaired) electrons. The van der Waals surface area contributed by atoms with E-state index in [4.69, 9.17) is 11.6 Å². The molecule has 2 aromatic rings. The third kappa shape index (κ3) is 5.47. The molecule has 144 valence electrons. The monoisotopic (exact) mass is 406 g/mol. The van der Waals surface area contributed by atoms with Crippen LogP contribution in [0.3, 0.4) is 0 Å². The number of amides is 1. The van der Waals surface area contributed by atoms with Crippen molar-refractivity contribution < 1.29 is 9.18 Å². The highest BCUT2D eigenvalue weighted by Gasteiger charge is 2.17. The number of rotatable bonds is 6. The zero-order valence-corrected chi connectivity index (χ0v) is 16.9. The number of benzene rings is 2. The fourth-order valence-electron chi connectivity index (χ4n) is 3.43. The van der Waals surface area contributed by atoms with Crippen molar-refractivity contribution in [3.63, 3.8) is 0 Å². The van der Waals surface area contributed by atoms with Crippen LogP contribution in [0.2, 0.25) is 5.02 Å². The molecule has 2 N–H and O–H groups in total. The third-order valence-electron chi connectivity index (χ3n) is 4.94. The van der Waals surface area contributed by atoms with Gasteiger partial charge in [-0.1, -0.05) is 54.9 Å². The van der Waals surface area contributed by atoms with E-state index >= 15 is 0 Å². The Kier molecular flexibility index (Phi) is 7.16. The molecule has 1 amide bonds. The summed E-state index contributed by atoms with van der Waals surface area (Å²) in [4.78, 5) is 15.3. The lowest BCUT2D eigenvalue weighted by atomic mass is 9.91. The Morgan fingerprint density at radius 1 is 1.19 bits per heavy atom. The first-order chi connectivity index (χ1) is 13.0. The quantitative estimate of drug-likeness (QED) is 0.355. The topological polar surface area (TPSA) is 41.1 Å². The minimum atomic E-state index is -0.502. The van der Waals surface area contributed by atoms with Crippen LogP contribution in [-0.4, -0.2) is 11.7 Å². The number of hydrogen-bond donors (Lipinski definition) is 2. The average molecular weight is 407 g/mol. The molecule has 1 saturated carbocycles. The molecular weight excluding hydrogens is 383 g/mol. The van der Waals surface area contributed by atoms with E-state index in [1.165, 1.54) is 44.1 Å². The van der Waals surface area contributed by atoms with Crippen LogP contribution in [0.25, 0.3) is 11.1 Å². The summed E-state index contributed by atoms with van der Waals surface area (Å²) in [6.07, 6.45) is 6.40. The summed E-state index contributed by atoms with van der Waals surface area (Å²) in [7, 11) is 0. The molecule has 0 heterocycles. The molecule has 0 aliphatic heterocycles. The van der Waals surface area contributed by atoms with Gasteiger partial charge < -0.3 is 0 Å². The smallest absolute Gasteiger partial charge is 0.269 e. The Morgan fingerprint density at radius 2 is 1.96 bits per heavy atom. The van der Waals surface area contributed by atoms with E-state index in [9.17, 15) is 9.18 Å². The van der Waals surface area contributed by atoms with E-state index in [0.29, 0.717) is 16.5 Å². The van der Waals surface area contributed by atoms with Gasteiger partial charge in [-0.25, -0.2) is 4.39 Å². The number of hydrogen-bond acceptors (Lipinski definition) is 3. The van der Waals surface area contributed by atoms with E-state index in [-0.39, 0.29) is 5.56 Å². The van der Waals surface area contributed by atoms with E-state index in [0.717, 1.165) is 16.9 Å². The van der Waals surface area contributed by atoms with Crippen molar-refractivity contribution >= 4 is 29.5 Å². The largest absolute Gasteiger partial charge is 0.277 e. The summed E-state index contributed by atoms with van der Waals surface area (Å²) in [5.74, 6) is 0.663. The molecule has 1 aliphatic rings. The van der Waals surface area contributed by atoms with Crippen LogP contribution < -0.4 is 10.3 Å². The molecule has 0 unspecified atom stereocenters. The second-order valence-electron chi connectivity index (χ2n) is 7.04. The number of carbonyl (C=O) groups is 1. The Bertz CT molecular complexity index is 809. The van der Waals surface area contributed by atoms with Crippen molar-refractivity contribution in [3.05, 3.63) is 58.4 Å². The van der Waals surface area contributed by atoms with Gasteiger partial charge in [0, 0.05) is 10.8 Å². The molecule has 1 aliphatic carbocycles. The molecule has 0 saturated heterocycles. The van der Waals surface area contributed by atoms with E-state index < -0.39 is 11.7 Å². The fraction of sp³-hybridized carbons (Fsp3) is 0.381. The average Bonchev–Trinajstić information content (AvgIpc) is 2.68. The molecule has 0 atom stereocenters. The van der Waals surface area contributed by atoms with Gasteiger partial charge in [0.15, 0.2) is 0 Å². The van der Waals surface area contributed by atoms with Crippen molar-refractivity contribution in [2.24, 2.45) is 5.92 Å². The lowest BCUT2D eigenvalue weighted by Gasteiger charge is -2.21. The van der Waals surface area contributed by atoms with Gasteiger partial charge in [0.1, 0.15) is 5.82 Å². The molecule has 0 bridgehead atoms. The van der Waals surface area contributed by atoms with Crippen LogP contribution in [0.4, 0.5) is 4.39 Å². The van der Waals surface area contributed by atoms with E-state index in [1.807, 2.05) is 12.1 Å². The summed E-state index contributed by atoms with van der Waals surface area (Å²) in [6, 6.07) is 10.6. The summed E-state index contributed by atoms with van der Waals surface area (Å²) < 4.78 is 14.5. The SMILES string of the molecule is Cc1cc(-c2cccc(Cl)c2)cc(C(=O)NNSCC2CCCCC2)c1F. The van der Waals surface area contributed by atoms with Crippen molar-refractivity contribution in [1.82, 2.24) is 10.3 Å². The summed E-state index contributed by atoms with van der Waals surface area (Å²) in [5.41, 5.74) is 4.66. The molecule has 3 rings (SSSR count). The highest BCUT2D eigenvalue weighted by atomic mass is 35.5. The molecule has 0 aromatic heterocycles. The molecule has 0 spiro atoms. The van der Waals surface area contributed by atoms with Gasteiger partial charge in [-0.2, -0.15) is 4.83 Å². The lowest BCUT2D eigenvalue weighted by molar-refractivity contribution is 0.0943. The Labute approximate surface area is 169 Å². The second kappa shape index (κ2) is 9.58. The van der Waals surface area contributed by atoms with Gasteiger partial charge in [-0.3, -0.25) is 10.2 Å². The number of halogens is 2. The molecule has 2 aromatic carbocycles. The maximum atomic E-state index is 14.5. The Morgan fingerprint density at radius 3 is 2.70 bits per heavy atom. The number of hydrazine groups is 1. The third-order valence-corrected chi connectivity index (χ3v) is 6.06. The van der Waals surface area contributed by atoms with Crippen molar-refractivity contribution in [3.8, 4) is 11.1 Å². The predicted octanol–water partition coefficient (Wildman–Crippen LogP) is 5.92. The molecule has 1 fully saturated rings. The van der Waals surface area contributed by atoms with Crippen molar-refractivity contribution in [2.45, 2.75) is 39.0 Å². The van der Waals surface area contributed by atoms with E-state index in [2.05, 4.69) is 10.3 Å². The van der Waals surface area contributed by atoms with Gasteiger partial charge in [0.25, 0.3) is 5.91 Å². The maximum absolute atomic E-state index is 14.5. The van der Waals surface area contributed by atoms with Gasteiger partial charge >= 0.3 is 0 Å². The zero-order valence-electron chi connectivity index (χ0n) is 15.4.